The number of primary amides is 1. The number of para-hydroxylation sites is 1. The van der Waals surface area contributed by atoms with Crippen molar-refractivity contribution < 1.29 is 19.2 Å². The second kappa shape index (κ2) is 7.97. The zero-order valence-electron chi connectivity index (χ0n) is 13.9. The Kier molecular flexibility index (Phi) is 5.98. The topological polar surface area (TPSA) is 77.1 Å². The first kappa shape index (κ1) is 17.3. The molecule has 1 aliphatic heterocycles. The Hall–Kier alpha value is -2.08. The number of likely N-dealkylation sites (N-methyl/N-ethyl adjacent to an activating group) is 1. The first-order valence-electron chi connectivity index (χ1n) is 8.00. The summed E-state index contributed by atoms with van der Waals surface area (Å²) in [7, 11) is 3.44. The Balaban J connectivity index is 1.85. The number of ether oxygens (including phenoxy) is 1. The van der Waals surface area contributed by atoms with Gasteiger partial charge >= 0.3 is 0 Å². The fraction of sp³-hybridized carbons (Fsp3) is 0.529. The fourth-order valence-electron chi connectivity index (χ4n) is 3.01. The zero-order valence-corrected chi connectivity index (χ0v) is 13.9. The van der Waals surface area contributed by atoms with Crippen molar-refractivity contribution in [3.8, 4) is 5.75 Å². The molecular weight excluding hydrogens is 294 g/mol. The highest BCUT2D eigenvalue weighted by molar-refractivity contribution is 5.77. The lowest BCUT2D eigenvalue weighted by molar-refractivity contribution is -0.898. The molecule has 6 heteroatoms. The number of carbonyl (C=O) groups excluding carboxylic acids is 2. The number of quaternary nitrogens is 1. The molecule has 0 aliphatic carbocycles. The van der Waals surface area contributed by atoms with Gasteiger partial charge < -0.3 is 20.3 Å². The average Bonchev–Trinajstić information content (AvgIpc) is 2.55. The number of nitrogens with one attached hydrogen (secondary N) is 1. The van der Waals surface area contributed by atoms with E-state index in [-0.39, 0.29) is 17.7 Å². The molecule has 1 aliphatic rings. The minimum atomic E-state index is -0.219. The number of hydrogen-bond donors (Lipinski definition) is 2. The van der Waals surface area contributed by atoms with Gasteiger partial charge in [-0.25, -0.2) is 0 Å². The van der Waals surface area contributed by atoms with Crippen molar-refractivity contribution in [1.29, 1.82) is 0 Å². The number of nitrogens with zero attached hydrogens (tertiary/aromatic N) is 1. The lowest BCUT2D eigenvalue weighted by Gasteiger charge is -2.28. The van der Waals surface area contributed by atoms with Crippen molar-refractivity contribution in [2.45, 2.75) is 19.4 Å². The number of likely N-dealkylation sites (tertiary alicyclic amines) is 1. The highest BCUT2D eigenvalue weighted by Gasteiger charge is 2.27. The molecule has 0 spiro atoms. The molecule has 0 aromatic heterocycles. The molecule has 0 saturated carbocycles. The summed E-state index contributed by atoms with van der Waals surface area (Å²) in [4.78, 5) is 26.5. The summed E-state index contributed by atoms with van der Waals surface area (Å²) in [6.45, 7) is 2.63. The summed E-state index contributed by atoms with van der Waals surface area (Å²) in [6, 6.07) is 7.72. The largest absolute Gasteiger partial charge is 0.496 e. The van der Waals surface area contributed by atoms with E-state index >= 15 is 0 Å². The second-order valence-electron chi connectivity index (χ2n) is 6.17. The molecule has 1 aromatic rings. The van der Waals surface area contributed by atoms with Crippen LogP contribution in [-0.4, -0.2) is 50.5 Å². The van der Waals surface area contributed by atoms with Crippen LogP contribution in [0.3, 0.4) is 0 Å². The van der Waals surface area contributed by atoms with Gasteiger partial charge in [-0.2, -0.15) is 0 Å². The van der Waals surface area contributed by atoms with E-state index in [2.05, 4.69) is 0 Å². The quantitative estimate of drug-likeness (QED) is 0.737. The lowest BCUT2D eigenvalue weighted by Crippen LogP contribution is -3.14. The van der Waals surface area contributed by atoms with Crippen LogP contribution in [0.5, 0.6) is 5.75 Å². The van der Waals surface area contributed by atoms with Crippen molar-refractivity contribution in [3.63, 3.8) is 0 Å². The second-order valence-corrected chi connectivity index (χ2v) is 6.17. The molecule has 1 saturated heterocycles. The molecule has 0 radical (unpaired) electrons. The Morgan fingerprint density at radius 3 is 2.57 bits per heavy atom. The summed E-state index contributed by atoms with van der Waals surface area (Å²) in [5, 5.41) is 0. The minimum Gasteiger partial charge on any atom is -0.496 e. The number of benzene rings is 1. The number of rotatable bonds is 6. The van der Waals surface area contributed by atoms with Crippen molar-refractivity contribution in [2.75, 3.05) is 33.8 Å². The van der Waals surface area contributed by atoms with Gasteiger partial charge in [0.2, 0.25) is 5.91 Å². The van der Waals surface area contributed by atoms with Crippen molar-refractivity contribution >= 4 is 11.8 Å². The molecule has 1 aromatic carbocycles. The van der Waals surface area contributed by atoms with Crippen LogP contribution in [0.2, 0.25) is 0 Å². The molecule has 0 bridgehead atoms. The van der Waals surface area contributed by atoms with Gasteiger partial charge in [0.15, 0.2) is 6.54 Å². The van der Waals surface area contributed by atoms with Gasteiger partial charge in [-0.05, 0) is 6.07 Å². The predicted octanol–water partition coefficient (Wildman–Crippen LogP) is -0.566. The lowest BCUT2D eigenvalue weighted by atomic mass is 9.96. The molecule has 3 N–H and O–H groups in total. The zero-order chi connectivity index (χ0) is 16.8. The van der Waals surface area contributed by atoms with Gasteiger partial charge in [0.25, 0.3) is 5.91 Å². The Bertz CT molecular complexity index is 554. The van der Waals surface area contributed by atoms with E-state index in [4.69, 9.17) is 10.5 Å². The molecule has 0 atom stereocenters. The molecular formula is C17H26N3O3+. The van der Waals surface area contributed by atoms with Gasteiger partial charge in [-0.15, -0.1) is 0 Å². The van der Waals surface area contributed by atoms with E-state index in [1.807, 2.05) is 31.3 Å². The number of amides is 2. The molecule has 1 fully saturated rings. The number of piperidine rings is 1. The van der Waals surface area contributed by atoms with Gasteiger partial charge in [0.05, 0.1) is 20.2 Å². The van der Waals surface area contributed by atoms with E-state index in [9.17, 15) is 9.59 Å². The van der Waals surface area contributed by atoms with Crippen LogP contribution in [0.1, 0.15) is 18.4 Å². The van der Waals surface area contributed by atoms with Crippen LogP contribution in [0.4, 0.5) is 0 Å². The van der Waals surface area contributed by atoms with Gasteiger partial charge in [-0.3, -0.25) is 9.59 Å². The van der Waals surface area contributed by atoms with Crippen LogP contribution < -0.4 is 15.4 Å². The van der Waals surface area contributed by atoms with Gasteiger partial charge in [0.1, 0.15) is 5.75 Å². The maximum Gasteiger partial charge on any atom is 0.277 e. The third kappa shape index (κ3) is 4.69. The van der Waals surface area contributed by atoms with E-state index in [0.717, 1.165) is 37.2 Å². The van der Waals surface area contributed by atoms with E-state index < -0.39 is 0 Å². The SMILES string of the molecule is COc1ccccc1CN(C)C(=O)C[NH+]1CCC(C(N)=O)CC1. The highest BCUT2D eigenvalue weighted by atomic mass is 16.5. The van der Waals surface area contributed by atoms with Crippen LogP contribution in [0.15, 0.2) is 24.3 Å². The monoisotopic (exact) mass is 320 g/mol. The maximum absolute atomic E-state index is 12.4. The summed E-state index contributed by atoms with van der Waals surface area (Å²) in [5.74, 6) is 0.647. The van der Waals surface area contributed by atoms with E-state index in [0.29, 0.717) is 13.1 Å². The fourth-order valence-corrected chi connectivity index (χ4v) is 3.01. The van der Waals surface area contributed by atoms with E-state index in [1.165, 1.54) is 4.90 Å². The van der Waals surface area contributed by atoms with Crippen LogP contribution in [0.25, 0.3) is 0 Å². The molecule has 1 heterocycles. The Morgan fingerprint density at radius 1 is 1.30 bits per heavy atom. The predicted molar refractivity (Wildman–Crippen MR) is 87.0 cm³/mol. The number of methoxy groups -OCH3 is 1. The summed E-state index contributed by atoms with van der Waals surface area (Å²) < 4.78 is 5.32. The maximum atomic E-state index is 12.4. The van der Waals surface area contributed by atoms with Crippen molar-refractivity contribution in [2.24, 2.45) is 11.7 Å². The van der Waals surface area contributed by atoms with Gasteiger partial charge in [0, 0.05) is 37.9 Å². The Morgan fingerprint density at radius 2 is 1.96 bits per heavy atom. The average molecular weight is 320 g/mol. The summed E-state index contributed by atoms with van der Waals surface area (Å²) in [5.41, 5.74) is 6.33. The number of hydrogen-bond acceptors (Lipinski definition) is 3. The summed E-state index contributed by atoms with van der Waals surface area (Å²) in [6.07, 6.45) is 1.54. The first-order valence-corrected chi connectivity index (χ1v) is 8.00. The van der Waals surface area contributed by atoms with Crippen LogP contribution >= 0.6 is 0 Å². The molecule has 6 nitrogen and oxygen atoms in total. The summed E-state index contributed by atoms with van der Waals surface area (Å²) >= 11 is 0. The first-order chi connectivity index (χ1) is 11.0. The standard InChI is InChI=1S/C17H25N3O3/c1-19(11-14-5-3-4-6-15(14)23-2)16(21)12-20-9-7-13(8-10-20)17(18)22/h3-6,13H,7-12H2,1-2H3,(H2,18,22)/p+1. The van der Waals surface area contributed by atoms with Crippen LogP contribution in [-0.2, 0) is 16.1 Å². The van der Waals surface area contributed by atoms with Crippen molar-refractivity contribution in [3.05, 3.63) is 29.8 Å². The normalized spacial score (nSPS) is 20.8. The smallest absolute Gasteiger partial charge is 0.277 e. The molecule has 126 valence electrons. The molecule has 2 amide bonds. The molecule has 2 rings (SSSR count). The number of nitrogens with two attached hydrogens (primary N) is 1. The van der Waals surface area contributed by atoms with Gasteiger partial charge in [-0.1, -0.05) is 18.2 Å². The van der Waals surface area contributed by atoms with Crippen LogP contribution in [0, 0.1) is 5.92 Å². The minimum absolute atomic E-state index is 0.0276. The van der Waals surface area contributed by atoms with Crippen molar-refractivity contribution in [1.82, 2.24) is 4.90 Å². The number of carbonyl (C=O) groups is 2. The van der Waals surface area contributed by atoms with E-state index in [1.54, 1.807) is 12.0 Å². The molecule has 23 heavy (non-hydrogen) atoms. The third-order valence-electron chi connectivity index (χ3n) is 4.52. The third-order valence-corrected chi connectivity index (χ3v) is 4.52. The Labute approximate surface area is 137 Å². The highest BCUT2D eigenvalue weighted by Crippen LogP contribution is 2.18. The molecule has 0 unspecified atom stereocenters.